The molecule has 3 heterocycles. The number of fused-ring (bicyclic) bond motifs is 4. The molecule has 10 heteroatoms. The first-order chi connectivity index (χ1) is 14.9. The van der Waals surface area contributed by atoms with Crippen LogP contribution < -0.4 is 14.6 Å². The first-order valence-electron chi connectivity index (χ1n) is 9.67. The lowest BCUT2D eigenvalue weighted by atomic mass is 10.0. The summed E-state index contributed by atoms with van der Waals surface area (Å²) in [5.41, 5.74) is 5.29. The average Bonchev–Trinajstić information content (AvgIpc) is 3.21. The van der Waals surface area contributed by atoms with E-state index in [1.54, 1.807) is 26.7 Å². The Morgan fingerprint density at radius 2 is 1.77 bits per heavy atom. The van der Waals surface area contributed by atoms with Crippen LogP contribution in [0.3, 0.4) is 0 Å². The fourth-order valence-corrected chi connectivity index (χ4v) is 4.77. The highest BCUT2D eigenvalue weighted by atomic mass is 32.2. The van der Waals surface area contributed by atoms with E-state index in [4.69, 9.17) is 14.6 Å². The van der Waals surface area contributed by atoms with Crippen molar-refractivity contribution in [3.05, 3.63) is 54.0 Å². The number of hydrogen-bond acceptors (Lipinski definition) is 6. The van der Waals surface area contributed by atoms with Gasteiger partial charge in [0.1, 0.15) is 11.8 Å². The third-order valence-electron chi connectivity index (χ3n) is 5.68. The van der Waals surface area contributed by atoms with E-state index in [-0.39, 0.29) is 6.54 Å². The van der Waals surface area contributed by atoms with Gasteiger partial charge in [0, 0.05) is 30.2 Å². The van der Waals surface area contributed by atoms with Gasteiger partial charge in [-0.25, -0.2) is 10.1 Å². The monoisotopic (exact) mass is 439 g/mol. The Hall–Kier alpha value is -3.21. The van der Waals surface area contributed by atoms with Crippen LogP contribution >= 0.6 is 0 Å². The zero-order chi connectivity index (χ0) is 21.8. The summed E-state index contributed by atoms with van der Waals surface area (Å²) >= 11 is 0. The molecule has 2 aromatic heterocycles. The first kappa shape index (κ1) is 19.7. The van der Waals surface area contributed by atoms with Gasteiger partial charge in [-0.1, -0.05) is 6.07 Å². The zero-order valence-corrected chi connectivity index (χ0v) is 17.9. The SMILES string of the molecule is COc1cc2ncc3ncn(-c4ccc5c(c4)CN(S(N)(=O)=O)CC5)c3c2cc1OC. The molecule has 2 N–H and O–H groups in total. The number of benzene rings is 2. The summed E-state index contributed by atoms with van der Waals surface area (Å²) in [5.74, 6) is 1.20. The van der Waals surface area contributed by atoms with Crippen molar-refractivity contribution in [3.63, 3.8) is 0 Å². The molecule has 0 radical (unpaired) electrons. The summed E-state index contributed by atoms with van der Waals surface area (Å²) in [7, 11) is -0.553. The predicted octanol–water partition coefficient (Wildman–Crippen LogP) is 2.15. The fourth-order valence-electron chi connectivity index (χ4n) is 4.10. The Bertz CT molecular complexity index is 1430. The quantitative estimate of drug-likeness (QED) is 0.521. The number of pyridine rings is 1. The van der Waals surface area contributed by atoms with Gasteiger partial charge in [-0.15, -0.1) is 0 Å². The van der Waals surface area contributed by atoms with Gasteiger partial charge in [0.15, 0.2) is 11.5 Å². The molecule has 2 aromatic carbocycles. The highest BCUT2D eigenvalue weighted by Gasteiger charge is 2.24. The van der Waals surface area contributed by atoms with Crippen molar-refractivity contribution >= 4 is 32.1 Å². The standard InChI is InChI=1S/C21H21N5O4S/c1-29-19-8-16-17(9-20(19)30-2)23-10-18-21(16)26(12-24-18)15-4-3-13-5-6-25(31(22,27)28)11-14(13)7-15/h3-4,7-10,12H,5-6,11H2,1-2H3,(H2,22,27,28). The van der Waals surface area contributed by atoms with Crippen LogP contribution in [0.2, 0.25) is 0 Å². The Kier molecular flexibility index (Phi) is 4.58. The van der Waals surface area contributed by atoms with Crippen LogP contribution in [-0.4, -0.2) is 48.0 Å². The molecular formula is C21H21N5O4S. The van der Waals surface area contributed by atoms with E-state index < -0.39 is 10.2 Å². The van der Waals surface area contributed by atoms with E-state index in [1.165, 1.54) is 4.31 Å². The van der Waals surface area contributed by atoms with Crippen LogP contribution in [0.5, 0.6) is 11.5 Å². The van der Waals surface area contributed by atoms with Gasteiger partial charge in [-0.3, -0.25) is 9.55 Å². The molecule has 9 nitrogen and oxygen atoms in total. The Morgan fingerprint density at radius 1 is 1.00 bits per heavy atom. The van der Waals surface area contributed by atoms with Crippen LogP contribution in [0, 0.1) is 0 Å². The Morgan fingerprint density at radius 3 is 2.52 bits per heavy atom. The topological polar surface area (TPSA) is 113 Å². The number of nitrogens with two attached hydrogens (primary N) is 1. The van der Waals surface area contributed by atoms with E-state index in [2.05, 4.69) is 9.97 Å². The summed E-state index contributed by atoms with van der Waals surface area (Å²) in [5, 5.41) is 6.21. The lowest BCUT2D eigenvalue weighted by Gasteiger charge is -2.26. The number of aromatic nitrogens is 3. The summed E-state index contributed by atoms with van der Waals surface area (Å²) in [6.45, 7) is 0.638. The molecule has 160 valence electrons. The minimum atomic E-state index is -3.73. The van der Waals surface area contributed by atoms with Crippen molar-refractivity contribution in [1.82, 2.24) is 18.8 Å². The minimum absolute atomic E-state index is 0.252. The number of methoxy groups -OCH3 is 2. The summed E-state index contributed by atoms with van der Waals surface area (Å²) in [6, 6.07) is 9.76. The Balaban J connectivity index is 1.68. The maximum Gasteiger partial charge on any atom is 0.277 e. The lowest BCUT2D eigenvalue weighted by Crippen LogP contribution is -2.40. The van der Waals surface area contributed by atoms with E-state index in [0.717, 1.165) is 38.8 Å². The number of ether oxygens (including phenoxy) is 2. The molecule has 0 aliphatic carbocycles. The zero-order valence-electron chi connectivity index (χ0n) is 17.1. The molecular weight excluding hydrogens is 418 g/mol. The lowest BCUT2D eigenvalue weighted by molar-refractivity contribution is 0.356. The third-order valence-corrected chi connectivity index (χ3v) is 6.72. The van der Waals surface area contributed by atoms with Crippen molar-refractivity contribution < 1.29 is 17.9 Å². The first-order valence-corrected chi connectivity index (χ1v) is 11.2. The van der Waals surface area contributed by atoms with Crippen molar-refractivity contribution in [1.29, 1.82) is 0 Å². The summed E-state index contributed by atoms with van der Waals surface area (Å²) < 4.78 is 37.8. The van der Waals surface area contributed by atoms with E-state index in [1.807, 2.05) is 34.9 Å². The van der Waals surface area contributed by atoms with E-state index >= 15 is 0 Å². The van der Waals surface area contributed by atoms with Crippen molar-refractivity contribution in [3.8, 4) is 17.2 Å². The van der Waals surface area contributed by atoms with Gasteiger partial charge < -0.3 is 9.47 Å². The second-order valence-electron chi connectivity index (χ2n) is 7.41. The molecule has 0 bridgehead atoms. The molecule has 0 atom stereocenters. The van der Waals surface area contributed by atoms with Crippen LogP contribution in [0.4, 0.5) is 0 Å². The molecule has 0 spiro atoms. The summed E-state index contributed by atoms with van der Waals surface area (Å²) in [6.07, 6.45) is 4.09. The predicted molar refractivity (Wildman–Crippen MR) is 117 cm³/mol. The van der Waals surface area contributed by atoms with Gasteiger partial charge in [0.2, 0.25) is 0 Å². The molecule has 31 heavy (non-hydrogen) atoms. The normalized spacial score (nSPS) is 14.7. The third kappa shape index (κ3) is 3.29. The van der Waals surface area contributed by atoms with Crippen LogP contribution in [0.1, 0.15) is 11.1 Å². The highest BCUT2D eigenvalue weighted by Crippen LogP contribution is 2.35. The maximum atomic E-state index is 11.8. The number of rotatable bonds is 4. The smallest absolute Gasteiger partial charge is 0.277 e. The second-order valence-corrected chi connectivity index (χ2v) is 8.96. The van der Waals surface area contributed by atoms with Gasteiger partial charge in [0.25, 0.3) is 10.2 Å². The number of nitrogens with zero attached hydrogens (tertiary/aromatic N) is 4. The van der Waals surface area contributed by atoms with Crippen molar-refractivity contribution in [2.24, 2.45) is 5.14 Å². The molecule has 0 saturated carbocycles. The van der Waals surface area contributed by atoms with Crippen LogP contribution in [-0.2, 0) is 23.2 Å². The molecule has 0 amide bonds. The minimum Gasteiger partial charge on any atom is -0.493 e. The molecule has 0 saturated heterocycles. The van der Waals surface area contributed by atoms with Crippen molar-refractivity contribution in [2.75, 3.05) is 20.8 Å². The average molecular weight is 439 g/mol. The molecule has 1 aliphatic heterocycles. The molecule has 5 rings (SSSR count). The molecule has 4 aromatic rings. The highest BCUT2D eigenvalue weighted by molar-refractivity contribution is 7.86. The maximum absolute atomic E-state index is 11.8. The van der Waals surface area contributed by atoms with Gasteiger partial charge >= 0.3 is 0 Å². The molecule has 0 fully saturated rings. The fraction of sp³-hybridized carbons (Fsp3) is 0.238. The van der Waals surface area contributed by atoms with Gasteiger partial charge in [-0.2, -0.15) is 12.7 Å². The van der Waals surface area contributed by atoms with Gasteiger partial charge in [0.05, 0.1) is 31.4 Å². The van der Waals surface area contributed by atoms with E-state index in [0.29, 0.717) is 24.5 Å². The van der Waals surface area contributed by atoms with Crippen molar-refractivity contribution in [2.45, 2.75) is 13.0 Å². The summed E-state index contributed by atoms with van der Waals surface area (Å²) in [4.78, 5) is 9.02. The second kappa shape index (κ2) is 7.19. The number of hydrogen-bond donors (Lipinski definition) is 1. The van der Waals surface area contributed by atoms with E-state index in [9.17, 15) is 8.42 Å². The number of imidazole rings is 1. The van der Waals surface area contributed by atoms with Crippen LogP contribution in [0.15, 0.2) is 42.9 Å². The van der Waals surface area contributed by atoms with Crippen LogP contribution in [0.25, 0.3) is 27.6 Å². The van der Waals surface area contributed by atoms with Gasteiger partial charge in [-0.05, 0) is 35.7 Å². The molecule has 0 unspecified atom stereocenters. The molecule has 1 aliphatic rings. The Labute approximate surface area is 179 Å². The largest absolute Gasteiger partial charge is 0.493 e.